The number of likely N-dealkylation sites (tertiary alicyclic amines) is 1. The maximum absolute atomic E-state index is 9.26. The Bertz CT molecular complexity index is 1320. The van der Waals surface area contributed by atoms with E-state index in [0.29, 0.717) is 53.7 Å². The zero-order valence-electron chi connectivity index (χ0n) is 19.2. The Morgan fingerprint density at radius 2 is 2.00 bits per heavy atom. The first-order chi connectivity index (χ1) is 16.5. The Kier molecular flexibility index (Phi) is 5.94. The van der Waals surface area contributed by atoms with Crippen molar-refractivity contribution in [2.45, 2.75) is 18.9 Å². The van der Waals surface area contributed by atoms with E-state index in [1.165, 1.54) is 6.33 Å². The molecule has 0 bridgehead atoms. The smallest absolute Gasteiger partial charge is 0.230 e. The molecule has 1 fully saturated rings. The van der Waals surface area contributed by atoms with Crippen molar-refractivity contribution in [1.29, 1.82) is 0 Å². The lowest BCUT2D eigenvalue weighted by Gasteiger charge is -2.46. The molecule has 4 aromatic rings. The molecule has 10 nitrogen and oxygen atoms in total. The summed E-state index contributed by atoms with van der Waals surface area (Å²) in [5, 5.41) is 10.9. The van der Waals surface area contributed by atoms with Crippen LogP contribution < -0.4 is 19.9 Å². The van der Waals surface area contributed by atoms with Crippen LogP contribution in [0.3, 0.4) is 0 Å². The molecule has 1 aromatic carbocycles. The van der Waals surface area contributed by atoms with Crippen molar-refractivity contribution in [1.82, 2.24) is 24.8 Å². The molecule has 1 aliphatic heterocycles. The first kappa shape index (κ1) is 22.3. The Labute approximate surface area is 196 Å². The number of ether oxygens (including phenoxy) is 3. The molecular weight excluding hydrogens is 436 g/mol. The number of methoxy groups -OCH3 is 1. The molecule has 34 heavy (non-hydrogen) atoms. The van der Waals surface area contributed by atoms with E-state index >= 15 is 0 Å². The number of benzene rings is 1. The number of hydrogen-bond acceptors (Lipinski definition) is 9. The standard InChI is InChI=1S/C24H28N6O4/c1-15-6-16-7-17(10-26-22(16)29-15)34-23-18-8-20(32-2)21(9-19(18)27-14-28-23)33-5-3-4-30-11-24(25,12-30)13-31/h6-10,14,31H,3-5,11-13,25H2,1-2H3,(H,26,29). The molecule has 1 aliphatic rings. The largest absolute Gasteiger partial charge is 0.493 e. The second-order valence-corrected chi connectivity index (χ2v) is 8.80. The summed E-state index contributed by atoms with van der Waals surface area (Å²) in [6.07, 6.45) is 3.95. The number of aryl methyl sites for hydroxylation is 1. The highest BCUT2D eigenvalue weighted by atomic mass is 16.5. The number of aromatic nitrogens is 4. The van der Waals surface area contributed by atoms with Crippen molar-refractivity contribution in [3.05, 3.63) is 42.5 Å². The van der Waals surface area contributed by atoms with Gasteiger partial charge in [0.15, 0.2) is 11.5 Å². The quantitative estimate of drug-likeness (QED) is 0.319. The van der Waals surface area contributed by atoms with E-state index in [-0.39, 0.29) is 6.61 Å². The molecule has 5 rings (SSSR count). The van der Waals surface area contributed by atoms with Gasteiger partial charge in [0.05, 0.1) is 43.0 Å². The molecule has 0 unspecified atom stereocenters. The number of rotatable bonds is 9. The van der Waals surface area contributed by atoms with Crippen molar-refractivity contribution in [3.63, 3.8) is 0 Å². The van der Waals surface area contributed by atoms with Gasteiger partial charge in [-0.1, -0.05) is 0 Å². The average Bonchev–Trinajstić information content (AvgIpc) is 3.19. The minimum absolute atomic E-state index is 0.0127. The first-order valence-electron chi connectivity index (χ1n) is 11.2. The summed E-state index contributed by atoms with van der Waals surface area (Å²) in [5.41, 5.74) is 8.08. The van der Waals surface area contributed by atoms with E-state index in [0.717, 1.165) is 29.7 Å². The minimum Gasteiger partial charge on any atom is -0.493 e. The molecule has 0 atom stereocenters. The van der Waals surface area contributed by atoms with Crippen LogP contribution >= 0.6 is 0 Å². The molecular formula is C24H28N6O4. The second-order valence-electron chi connectivity index (χ2n) is 8.80. The van der Waals surface area contributed by atoms with Gasteiger partial charge in [-0.2, -0.15) is 0 Å². The lowest BCUT2D eigenvalue weighted by Crippen LogP contribution is -2.69. The SMILES string of the molecule is COc1cc2c(Oc3cnc4[nH]c(C)cc4c3)ncnc2cc1OCCCN1CC(N)(CO)C1. The predicted molar refractivity (Wildman–Crippen MR) is 128 cm³/mol. The Morgan fingerprint density at radius 1 is 1.15 bits per heavy atom. The molecule has 4 heterocycles. The first-order valence-corrected chi connectivity index (χ1v) is 11.2. The number of pyridine rings is 1. The van der Waals surface area contributed by atoms with Crippen LogP contribution in [0, 0.1) is 6.92 Å². The average molecular weight is 465 g/mol. The molecule has 0 aliphatic carbocycles. The summed E-state index contributed by atoms with van der Waals surface area (Å²) < 4.78 is 17.6. The van der Waals surface area contributed by atoms with Crippen LogP contribution in [0.5, 0.6) is 23.1 Å². The van der Waals surface area contributed by atoms with Gasteiger partial charge in [-0.15, -0.1) is 0 Å². The lowest BCUT2D eigenvalue weighted by atomic mass is 9.92. The third kappa shape index (κ3) is 4.47. The van der Waals surface area contributed by atoms with E-state index in [4.69, 9.17) is 19.9 Å². The van der Waals surface area contributed by atoms with Gasteiger partial charge in [0.2, 0.25) is 5.88 Å². The highest BCUT2D eigenvalue weighted by molar-refractivity contribution is 5.87. The highest BCUT2D eigenvalue weighted by Gasteiger charge is 2.38. The molecule has 178 valence electrons. The van der Waals surface area contributed by atoms with Gasteiger partial charge >= 0.3 is 0 Å². The van der Waals surface area contributed by atoms with Gasteiger partial charge in [0, 0.05) is 36.8 Å². The third-order valence-electron chi connectivity index (χ3n) is 5.95. The van der Waals surface area contributed by atoms with E-state index < -0.39 is 5.54 Å². The van der Waals surface area contributed by atoms with Gasteiger partial charge in [-0.05, 0) is 31.5 Å². The Hall–Kier alpha value is -3.47. The number of fused-ring (bicyclic) bond motifs is 2. The van der Waals surface area contributed by atoms with Crippen LogP contribution in [-0.2, 0) is 0 Å². The number of aliphatic hydroxyl groups is 1. The van der Waals surface area contributed by atoms with Crippen LogP contribution in [0.1, 0.15) is 12.1 Å². The van der Waals surface area contributed by atoms with E-state index in [2.05, 4.69) is 24.8 Å². The summed E-state index contributed by atoms with van der Waals surface area (Å²) in [5.74, 6) is 2.18. The van der Waals surface area contributed by atoms with Crippen molar-refractivity contribution < 1.29 is 19.3 Å². The summed E-state index contributed by atoms with van der Waals surface area (Å²) in [4.78, 5) is 18.5. The number of nitrogens with zero attached hydrogens (tertiary/aromatic N) is 4. The number of nitrogens with one attached hydrogen (secondary N) is 1. The number of aromatic amines is 1. The van der Waals surface area contributed by atoms with Gasteiger partial charge in [-0.25, -0.2) is 15.0 Å². The van der Waals surface area contributed by atoms with E-state index in [1.807, 2.05) is 31.2 Å². The van der Waals surface area contributed by atoms with Gasteiger partial charge < -0.3 is 30.0 Å². The van der Waals surface area contributed by atoms with Crippen molar-refractivity contribution in [2.24, 2.45) is 5.73 Å². The summed E-state index contributed by atoms with van der Waals surface area (Å²) in [7, 11) is 1.60. The predicted octanol–water partition coefficient (Wildman–Crippen LogP) is 2.39. The van der Waals surface area contributed by atoms with Crippen LogP contribution in [0.2, 0.25) is 0 Å². The van der Waals surface area contributed by atoms with Crippen LogP contribution in [-0.4, -0.2) is 75.4 Å². The normalized spacial score (nSPS) is 15.4. The van der Waals surface area contributed by atoms with E-state index in [9.17, 15) is 5.11 Å². The summed E-state index contributed by atoms with van der Waals surface area (Å²) in [6.45, 7) is 4.78. The molecule has 3 aromatic heterocycles. The monoisotopic (exact) mass is 464 g/mol. The van der Waals surface area contributed by atoms with Crippen LogP contribution in [0.25, 0.3) is 21.9 Å². The van der Waals surface area contributed by atoms with Crippen molar-refractivity contribution >= 4 is 21.9 Å². The maximum atomic E-state index is 9.26. The summed E-state index contributed by atoms with van der Waals surface area (Å²) in [6, 6.07) is 7.59. The number of H-pyrrole nitrogens is 1. The van der Waals surface area contributed by atoms with Crippen LogP contribution in [0.15, 0.2) is 36.8 Å². The fraction of sp³-hybridized carbons (Fsp3) is 0.375. The molecule has 0 saturated carbocycles. The summed E-state index contributed by atoms with van der Waals surface area (Å²) >= 11 is 0. The Balaban J connectivity index is 1.29. The third-order valence-corrected chi connectivity index (χ3v) is 5.95. The highest BCUT2D eigenvalue weighted by Crippen LogP contribution is 2.36. The zero-order valence-corrected chi connectivity index (χ0v) is 19.2. The van der Waals surface area contributed by atoms with Crippen molar-refractivity contribution in [2.75, 3.05) is 40.0 Å². The van der Waals surface area contributed by atoms with Gasteiger partial charge in [0.25, 0.3) is 0 Å². The fourth-order valence-electron chi connectivity index (χ4n) is 4.27. The van der Waals surface area contributed by atoms with Crippen molar-refractivity contribution in [3.8, 4) is 23.1 Å². The molecule has 0 spiro atoms. The number of hydrogen-bond donors (Lipinski definition) is 3. The zero-order chi connectivity index (χ0) is 23.7. The number of aliphatic hydroxyl groups excluding tert-OH is 1. The number of nitrogens with two attached hydrogens (primary N) is 1. The molecule has 4 N–H and O–H groups in total. The molecule has 0 radical (unpaired) electrons. The fourth-order valence-corrected chi connectivity index (χ4v) is 4.27. The molecule has 0 amide bonds. The minimum atomic E-state index is -0.454. The van der Waals surface area contributed by atoms with Gasteiger partial charge in [0.1, 0.15) is 17.7 Å². The van der Waals surface area contributed by atoms with E-state index in [1.54, 1.807) is 13.3 Å². The topological polar surface area (TPSA) is 132 Å². The second kappa shape index (κ2) is 9.05. The maximum Gasteiger partial charge on any atom is 0.230 e. The molecule has 10 heteroatoms. The molecule has 1 saturated heterocycles. The van der Waals surface area contributed by atoms with Gasteiger partial charge in [-0.3, -0.25) is 4.90 Å². The Morgan fingerprint density at radius 3 is 2.79 bits per heavy atom. The lowest BCUT2D eigenvalue weighted by molar-refractivity contribution is 0.0236. The van der Waals surface area contributed by atoms with Crippen LogP contribution in [0.4, 0.5) is 0 Å².